The van der Waals surface area contributed by atoms with E-state index in [9.17, 15) is 0 Å². The van der Waals surface area contributed by atoms with E-state index in [0.29, 0.717) is 0 Å². The lowest BCUT2D eigenvalue weighted by atomic mass is 9.89. The van der Waals surface area contributed by atoms with Gasteiger partial charge in [-0.1, -0.05) is 127 Å². The van der Waals surface area contributed by atoms with Crippen molar-refractivity contribution in [1.82, 2.24) is 0 Å². The summed E-state index contributed by atoms with van der Waals surface area (Å²) in [6.07, 6.45) is 0. The Morgan fingerprint density at radius 1 is 0.263 bits per heavy atom. The number of para-hydroxylation sites is 4. The highest BCUT2D eigenvalue weighted by Gasteiger charge is 2.19. The number of hydrogen-bond donors (Lipinski definition) is 0. The number of rotatable bonds is 3. The van der Waals surface area contributed by atoms with Crippen molar-refractivity contribution in [3.63, 3.8) is 0 Å². The molecule has 0 aliphatic rings. The van der Waals surface area contributed by atoms with Crippen LogP contribution in [0.2, 0.25) is 0 Å². The Balaban J connectivity index is 1.09. The highest BCUT2D eigenvalue weighted by atomic mass is 32.1. The Morgan fingerprint density at radius 2 is 0.754 bits per heavy atom. The molecule has 3 heterocycles. The lowest BCUT2D eigenvalue weighted by Crippen LogP contribution is -1.89. The molecule has 0 fully saturated rings. The first kappa shape index (κ1) is 31.1. The second-order valence-electron chi connectivity index (χ2n) is 15.2. The van der Waals surface area contributed by atoms with E-state index in [1.165, 1.54) is 52.5 Å². The van der Waals surface area contributed by atoms with E-state index in [2.05, 4.69) is 170 Å². The maximum absolute atomic E-state index is 6.62. The molecule has 0 N–H and O–H groups in total. The SMILES string of the molecule is c1ccc2c(c1)oc1c(-c3cc(-c4ccc5c(c4)c4ccccc4c4cc6sc7ccccc7c6cc54)cc(-c4cccc5c4oc4ccccc45)c3)cccc12. The molecule has 0 radical (unpaired) electrons. The fraction of sp³-hybridized carbons (Fsp3) is 0. The van der Waals surface area contributed by atoms with Crippen LogP contribution < -0.4 is 0 Å². The van der Waals surface area contributed by atoms with E-state index in [1.807, 2.05) is 23.5 Å². The lowest BCUT2D eigenvalue weighted by molar-refractivity contribution is 0.670. The zero-order valence-corrected chi connectivity index (χ0v) is 31.4. The number of furan rings is 2. The zero-order valence-electron chi connectivity index (χ0n) is 30.5. The number of thiophene rings is 1. The molecule has 0 spiro atoms. The molecule has 0 unspecified atom stereocenters. The van der Waals surface area contributed by atoms with Gasteiger partial charge in [0, 0.05) is 52.8 Å². The van der Waals surface area contributed by atoms with Crippen molar-refractivity contribution in [2.75, 3.05) is 0 Å². The Hall–Kier alpha value is -7.20. The molecule has 57 heavy (non-hydrogen) atoms. The summed E-state index contributed by atoms with van der Waals surface area (Å²) in [4.78, 5) is 0. The first-order valence-electron chi connectivity index (χ1n) is 19.4. The first-order valence-corrected chi connectivity index (χ1v) is 20.2. The van der Waals surface area contributed by atoms with Crippen LogP contribution in [-0.4, -0.2) is 0 Å². The molecule has 0 amide bonds. The largest absolute Gasteiger partial charge is 0.455 e. The van der Waals surface area contributed by atoms with Gasteiger partial charge in [0.1, 0.15) is 22.3 Å². The van der Waals surface area contributed by atoms with Gasteiger partial charge < -0.3 is 8.83 Å². The molecule has 2 nitrogen and oxygen atoms in total. The molecule has 13 aromatic rings. The molecule has 0 bridgehead atoms. The molecule has 3 aromatic heterocycles. The maximum Gasteiger partial charge on any atom is 0.143 e. The highest BCUT2D eigenvalue weighted by Crippen LogP contribution is 2.45. The van der Waals surface area contributed by atoms with Gasteiger partial charge in [-0.15, -0.1) is 11.3 Å². The van der Waals surface area contributed by atoms with Crippen LogP contribution >= 0.6 is 11.3 Å². The molecular formula is C54H30O2S. The maximum atomic E-state index is 6.62. The van der Waals surface area contributed by atoms with Crippen LogP contribution in [0.25, 0.3) is 130 Å². The molecule has 264 valence electrons. The Morgan fingerprint density at radius 3 is 1.40 bits per heavy atom. The average molecular weight is 743 g/mol. The zero-order chi connectivity index (χ0) is 37.2. The van der Waals surface area contributed by atoms with Crippen molar-refractivity contribution < 1.29 is 8.83 Å². The number of fused-ring (bicyclic) bond motifs is 15. The minimum atomic E-state index is 0.893. The Bertz CT molecular complexity index is 3690. The van der Waals surface area contributed by atoms with E-state index >= 15 is 0 Å². The summed E-state index contributed by atoms with van der Waals surface area (Å²) < 4.78 is 15.9. The van der Waals surface area contributed by atoms with Crippen molar-refractivity contribution in [1.29, 1.82) is 0 Å². The van der Waals surface area contributed by atoms with Gasteiger partial charge in [0.2, 0.25) is 0 Å². The summed E-state index contributed by atoms with van der Waals surface area (Å²) in [7, 11) is 0. The minimum absolute atomic E-state index is 0.893. The van der Waals surface area contributed by atoms with Gasteiger partial charge >= 0.3 is 0 Å². The normalized spacial score (nSPS) is 12.2. The van der Waals surface area contributed by atoms with Crippen LogP contribution in [-0.2, 0) is 0 Å². The number of hydrogen-bond acceptors (Lipinski definition) is 3. The van der Waals surface area contributed by atoms with Gasteiger partial charge in [-0.05, 0) is 109 Å². The van der Waals surface area contributed by atoms with Gasteiger partial charge in [-0.3, -0.25) is 0 Å². The van der Waals surface area contributed by atoms with Gasteiger partial charge in [0.25, 0.3) is 0 Å². The van der Waals surface area contributed by atoms with Gasteiger partial charge in [-0.2, -0.15) is 0 Å². The van der Waals surface area contributed by atoms with Crippen molar-refractivity contribution >= 4 is 108 Å². The monoisotopic (exact) mass is 742 g/mol. The standard InChI is InChI=1S/C54H30O2S/c1-2-12-38-37(11-1)45-28-31(23-24-39(45)46-29-48-42-15-5-8-22-51(42)57-52(48)30-47(38)46)32-25-33(35-16-9-18-43-40-13-3-6-20-49(40)55-53(35)43)27-34(26-32)36-17-10-19-44-41-14-4-7-21-50(41)56-54(36)44/h1-30H. The van der Waals surface area contributed by atoms with Crippen molar-refractivity contribution in [2.45, 2.75) is 0 Å². The first-order chi connectivity index (χ1) is 28.2. The van der Waals surface area contributed by atoms with Crippen LogP contribution in [0, 0.1) is 0 Å². The fourth-order valence-corrected chi connectivity index (χ4v) is 10.5. The second kappa shape index (κ2) is 11.7. The smallest absolute Gasteiger partial charge is 0.143 e. The quantitative estimate of drug-likeness (QED) is 0.169. The third kappa shape index (κ3) is 4.52. The molecule has 0 saturated heterocycles. The van der Waals surface area contributed by atoms with Crippen LogP contribution in [0.5, 0.6) is 0 Å². The molecule has 13 rings (SSSR count). The molecular weight excluding hydrogens is 713 g/mol. The van der Waals surface area contributed by atoms with Crippen molar-refractivity contribution in [3.05, 3.63) is 182 Å². The molecule has 10 aromatic carbocycles. The topological polar surface area (TPSA) is 26.3 Å². The predicted octanol–water partition coefficient (Wildman–Crippen LogP) is 16.3. The molecule has 0 aliphatic carbocycles. The van der Waals surface area contributed by atoms with Gasteiger partial charge in [0.05, 0.1) is 0 Å². The van der Waals surface area contributed by atoms with E-state index in [1.54, 1.807) is 0 Å². The third-order valence-electron chi connectivity index (χ3n) is 12.0. The predicted molar refractivity (Wildman–Crippen MR) is 243 cm³/mol. The van der Waals surface area contributed by atoms with Crippen LogP contribution in [0.4, 0.5) is 0 Å². The summed E-state index contributed by atoms with van der Waals surface area (Å²) in [6, 6.07) is 66.1. The summed E-state index contributed by atoms with van der Waals surface area (Å²) in [5, 5.41) is 14.8. The average Bonchev–Trinajstić information content (AvgIpc) is 3.97. The van der Waals surface area contributed by atoms with Crippen molar-refractivity contribution in [2.24, 2.45) is 0 Å². The Labute approximate surface area is 330 Å². The second-order valence-corrected chi connectivity index (χ2v) is 16.2. The van der Waals surface area contributed by atoms with Crippen LogP contribution in [0.1, 0.15) is 0 Å². The number of benzene rings is 10. The fourth-order valence-electron chi connectivity index (χ4n) is 9.41. The molecule has 0 saturated carbocycles. The summed E-state index contributed by atoms with van der Waals surface area (Å²) >= 11 is 1.88. The summed E-state index contributed by atoms with van der Waals surface area (Å²) in [5.41, 5.74) is 10.2. The van der Waals surface area contributed by atoms with E-state index in [-0.39, 0.29) is 0 Å². The third-order valence-corrected chi connectivity index (χ3v) is 13.2. The summed E-state index contributed by atoms with van der Waals surface area (Å²) in [6.45, 7) is 0. The highest BCUT2D eigenvalue weighted by molar-refractivity contribution is 7.25. The van der Waals surface area contributed by atoms with Crippen LogP contribution in [0.15, 0.2) is 191 Å². The molecule has 3 heteroatoms. The van der Waals surface area contributed by atoms with E-state index < -0.39 is 0 Å². The van der Waals surface area contributed by atoms with Gasteiger partial charge in [0.15, 0.2) is 0 Å². The van der Waals surface area contributed by atoms with E-state index in [0.717, 1.165) is 77.3 Å². The molecule has 0 atom stereocenters. The van der Waals surface area contributed by atoms with Crippen LogP contribution in [0.3, 0.4) is 0 Å². The lowest BCUT2D eigenvalue weighted by Gasteiger charge is -2.15. The Kier molecular flexibility index (Phi) is 6.35. The van der Waals surface area contributed by atoms with Crippen molar-refractivity contribution in [3.8, 4) is 33.4 Å². The summed E-state index contributed by atoms with van der Waals surface area (Å²) in [5.74, 6) is 0. The minimum Gasteiger partial charge on any atom is -0.455 e. The van der Waals surface area contributed by atoms with Gasteiger partial charge in [-0.25, -0.2) is 0 Å². The van der Waals surface area contributed by atoms with E-state index in [4.69, 9.17) is 8.83 Å². The molecule has 0 aliphatic heterocycles.